The highest BCUT2D eigenvalue weighted by Crippen LogP contribution is 2.26. The number of hydrogen-bond donors (Lipinski definition) is 1. The van der Waals surface area contributed by atoms with E-state index in [0.29, 0.717) is 12.2 Å². The lowest BCUT2D eigenvalue weighted by molar-refractivity contribution is 0.689. The van der Waals surface area contributed by atoms with Gasteiger partial charge in [-0.1, -0.05) is 23.7 Å². The number of thiazole rings is 1. The summed E-state index contributed by atoms with van der Waals surface area (Å²) in [5.41, 5.74) is 8.43. The van der Waals surface area contributed by atoms with E-state index in [1.54, 1.807) is 10.9 Å². The number of aromatic nitrogens is 3. The molecule has 2 N–H and O–H groups in total. The van der Waals surface area contributed by atoms with Crippen molar-refractivity contribution >= 4 is 28.6 Å². The van der Waals surface area contributed by atoms with Crippen molar-refractivity contribution in [3.05, 3.63) is 52.6 Å². The highest BCUT2D eigenvalue weighted by Gasteiger charge is 2.10. The van der Waals surface area contributed by atoms with Crippen molar-refractivity contribution in [2.24, 2.45) is 0 Å². The van der Waals surface area contributed by atoms with Crippen LogP contribution in [0.5, 0.6) is 0 Å². The molecule has 0 radical (unpaired) electrons. The summed E-state index contributed by atoms with van der Waals surface area (Å²) < 4.78 is 1.80. The van der Waals surface area contributed by atoms with Gasteiger partial charge in [0.05, 0.1) is 12.2 Å². The van der Waals surface area contributed by atoms with E-state index in [-0.39, 0.29) is 0 Å². The largest absolute Gasteiger partial charge is 0.396 e. The second-order valence-corrected chi connectivity index (χ2v) is 5.43. The zero-order chi connectivity index (χ0) is 13.2. The molecule has 0 saturated heterocycles. The Labute approximate surface area is 119 Å². The van der Waals surface area contributed by atoms with Gasteiger partial charge in [0.1, 0.15) is 10.7 Å². The molecule has 3 aromatic rings. The molecule has 0 saturated carbocycles. The molecule has 0 amide bonds. The van der Waals surface area contributed by atoms with Gasteiger partial charge in [0.15, 0.2) is 0 Å². The van der Waals surface area contributed by atoms with Crippen molar-refractivity contribution in [3.8, 4) is 10.7 Å². The number of rotatable bonds is 3. The van der Waals surface area contributed by atoms with Gasteiger partial charge in [-0.25, -0.2) is 4.98 Å². The van der Waals surface area contributed by atoms with Crippen LogP contribution in [0.3, 0.4) is 0 Å². The van der Waals surface area contributed by atoms with Gasteiger partial charge in [0.2, 0.25) is 0 Å². The second-order valence-electron chi connectivity index (χ2n) is 4.10. The molecule has 0 spiro atoms. The van der Waals surface area contributed by atoms with Crippen LogP contribution < -0.4 is 5.73 Å². The molecule has 0 aliphatic heterocycles. The standard InChI is InChI=1S/C13H11ClN4S/c14-10-3-1-2-9(6-10)7-18-8-11(15)12(17-18)13-16-4-5-19-13/h1-6,8H,7,15H2. The maximum Gasteiger partial charge on any atom is 0.145 e. The molecule has 0 bridgehead atoms. The number of benzene rings is 1. The summed E-state index contributed by atoms with van der Waals surface area (Å²) in [6.45, 7) is 0.635. The van der Waals surface area contributed by atoms with Gasteiger partial charge in [-0.05, 0) is 17.7 Å². The Morgan fingerprint density at radius 1 is 1.37 bits per heavy atom. The highest BCUT2D eigenvalue weighted by atomic mass is 35.5. The quantitative estimate of drug-likeness (QED) is 0.805. The predicted molar refractivity (Wildman–Crippen MR) is 78.3 cm³/mol. The van der Waals surface area contributed by atoms with Gasteiger partial charge in [-0.2, -0.15) is 5.10 Å². The Bertz CT molecular complexity index is 690. The third-order valence-corrected chi connectivity index (χ3v) is 3.67. The van der Waals surface area contributed by atoms with Crippen molar-refractivity contribution in [1.29, 1.82) is 0 Å². The topological polar surface area (TPSA) is 56.7 Å². The number of nitrogens with two attached hydrogens (primary N) is 1. The van der Waals surface area contributed by atoms with Crippen LogP contribution in [0, 0.1) is 0 Å². The Morgan fingerprint density at radius 3 is 3.00 bits per heavy atom. The van der Waals surface area contributed by atoms with Crippen LogP contribution in [0.2, 0.25) is 5.02 Å². The molecule has 0 atom stereocenters. The van der Waals surface area contributed by atoms with E-state index in [9.17, 15) is 0 Å². The fourth-order valence-electron chi connectivity index (χ4n) is 1.85. The first-order chi connectivity index (χ1) is 9.22. The van der Waals surface area contributed by atoms with Gasteiger partial charge < -0.3 is 5.73 Å². The van der Waals surface area contributed by atoms with Crippen LogP contribution in [0.1, 0.15) is 5.56 Å². The summed E-state index contributed by atoms with van der Waals surface area (Å²) in [6.07, 6.45) is 3.56. The average molecular weight is 291 g/mol. The molecule has 0 fully saturated rings. The maximum absolute atomic E-state index is 5.97. The SMILES string of the molecule is Nc1cn(Cc2cccc(Cl)c2)nc1-c1nccs1. The van der Waals surface area contributed by atoms with E-state index < -0.39 is 0 Å². The van der Waals surface area contributed by atoms with Crippen molar-refractivity contribution in [2.75, 3.05) is 5.73 Å². The summed E-state index contributed by atoms with van der Waals surface area (Å²) in [5.74, 6) is 0. The summed E-state index contributed by atoms with van der Waals surface area (Å²) >= 11 is 7.49. The van der Waals surface area contributed by atoms with Gasteiger partial charge in [0.25, 0.3) is 0 Å². The molecular formula is C13H11ClN4S. The summed E-state index contributed by atoms with van der Waals surface area (Å²) in [4.78, 5) is 4.22. The van der Waals surface area contributed by atoms with E-state index in [1.807, 2.05) is 35.8 Å². The average Bonchev–Trinajstić information content (AvgIpc) is 2.98. The minimum atomic E-state index is 0.635. The maximum atomic E-state index is 5.97. The van der Waals surface area contributed by atoms with Gasteiger partial charge in [-0.3, -0.25) is 4.68 Å². The van der Waals surface area contributed by atoms with Crippen molar-refractivity contribution in [3.63, 3.8) is 0 Å². The molecule has 96 valence electrons. The van der Waals surface area contributed by atoms with Gasteiger partial charge in [0, 0.05) is 22.8 Å². The van der Waals surface area contributed by atoms with Crippen LogP contribution in [-0.2, 0) is 6.54 Å². The first-order valence-electron chi connectivity index (χ1n) is 5.69. The molecule has 3 rings (SSSR count). The third-order valence-electron chi connectivity index (χ3n) is 2.66. The summed E-state index contributed by atoms with van der Waals surface area (Å²) in [5, 5.41) is 7.94. The van der Waals surface area contributed by atoms with Gasteiger partial charge >= 0.3 is 0 Å². The molecule has 0 unspecified atom stereocenters. The highest BCUT2D eigenvalue weighted by molar-refractivity contribution is 7.13. The molecule has 4 nitrogen and oxygen atoms in total. The summed E-state index contributed by atoms with van der Waals surface area (Å²) in [6, 6.07) is 7.70. The number of nitrogen functional groups attached to an aromatic ring is 1. The Balaban J connectivity index is 1.89. The summed E-state index contributed by atoms with van der Waals surface area (Å²) in [7, 11) is 0. The normalized spacial score (nSPS) is 10.8. The minimum absolute atomic E-state index is 0.635. The van der Waals surface area contributed by atoms with Crippen LogP contribution in [0.25, 0.3) is 10.7 Å². The van der Waals surface area contributed by atoms with E-state index in [0.717, 1.165) is 21.3 Å². The van der Waals surface area contributed by atoms with E-state index in [1.165, 1.54) is 11.3 Å². The smallest absolute Gasteiger partial charge is 0.145 e. The molecule has 2 heterocycles. The van der Waals surface area contributed by atoms with Crippen molar-refractivity contribution in [1.82, 2.24) is 14.8 Å². The van der Waals surface area contributed by atoms with E-state index >= 15 is 0 Å². The first-order valence-corrected chi connectivity index (χ1v) is 6.95. The Hall–Kier alpha value is -1.85. The fourth-order valence-corrected chi connectivity index (χ4v) is 2.70. The third kappa shape index (κ3) is 2.62. The molecule has 6 heteroatoms. The van der Waals surface area contributed by atoms with Crippen molar-refractivity contribution in [2.45, 2.75) is 6.54 Å². The first kappa shape index (κ1) is 12.2. The molecular weight excluding hydrogens is 280 g/mol. The van der Waals surface area contributed by atoms with Crippen LogP contribution in [0.15, 0.2) is 42.0 Å². The molecule has 0 aliphatic rings. The lowest BCUT2D eigenvalue weighted by atomic mass is 10.2. The van der Waals surface area contributed by atoms with Crippen LogP contribution in [0.4, 0.5) is 5.69 Å². The lowest BCUT2D eigenvalue weighted by Crippen LogP contribution is -2.00. The lowest BCUT2D eigenvalue weighted by Gasteiger charge is -2.01. The van der Waals surface area contributed by atoms with Crippen molar-refractivity contribution < 1.29 is 0 Å². The second kappa shape index (κ2) is 5.03. The van der Waals surface area contributed by atoms with Crippen LogP contribution in [-0.4, -0.2) is 14.8 Å². The monoisotopic (exact) mass is 290 g/mol. The van der Waals surface area contributed by atoms with Crippen LogP contribution >= 0.6 is 22.9 Å². The van der Waals surface area contributed by atoms with E-state index in [2.05, 4.69) is 10.1 Å². The predicted octanol–water partition coefficient (Wildman–Crippen LogP) is 3.29. The number of nitrogens with zero attached hydrogens (tertiary/aromatic N) is 3. The molecule has 19 heavy (non-hydrogen) atoms. The zero-order valence-electron chi connectivity index (χ0n) is 9.95. The van der Waals surface area contributed by atoms with E-state index in [4.69, 9.17) is 17.3 Å². The molecule has 1 aromatic carbocycles. The molecule has 0 aliphatic carbocycles. The molecule has 2 aromatic heterocycles. The Kier molecular flexibility index (Phi) is 3.23. The minimum Gasteiger partial charge on any atom is -0.396 e. The Morgan fingerprint density at radius 2 is 2.26 bits per heavy atom. The zero-order valence-corrected chi connectivity index (χ0v) is 11.5. The number of halogens is 1. The van der Waals surface area contributed by atoms with Gasteiger partial charge in [-0.15, -0.1) is 11.3 Å². The number of hydrogen-bond acceptors (Lipinski definition) is 4. The fraction of sp³-hybridized carbons (Fsp3) is 0.0769. The number of anilines is 1.